The van der Waals surface area contributed by atoms with Gasteiger partial charge >= 0.3 is 6.03 Å². The van der Waals surface area contributed by atoms with Gasteiger partial charge in [-0.05, 0) is 56.0 Å². The van der Waals surface area contributed by atoms with Gasteiger partial charge in [0.25, 0.3) is 5.91 Å². The molecule has 0 spiro atoms. The van der Waals surface area contributed by atoms with Crippen LogP contribution in [0.3, 0.4) is 0 Å². The molecule has 1 aliphatic heterocycles. The molecule has 2 aromatic rings. The van der Waals surface area contributed by atoms with Crippen LogP contribution in [0, 0.1) is 6.92 Å². The Balaban J connectivity index is 1.40. The summed E-state index contributed by atoms with van der Waals surface area (Å²) in [6.07, 6.45) is 6.74. The minimum Gasteiger partial charge on any atom is -0.349 e. The molecule has 2 aromatic carbocycles. The summed E-state index contributed by atoms with van der Waals surface area (Å²) in [5.41, 5.74) is 3.87. The van der Waals surface area contributed by atoms with Crippen LogP contribution in [0.5, 0.6) is 0 Å². The van der Waals surface area contributed by atoms with E-state index in [0.717, 1.165) is 37.1 Å². The van der Waals surface area contributed by atoms with Gasteiger partial charge in [0.2, 0.25) is 0 Å². The van der Waals surface area contributed by atoms with Gasteiger partial charge in [-0.25, -0.2) is 4.79 Å². The van der Waals surface area contributed by atoms with Crippen LogP contribution >= 0.6 is 0 Å². The summed E-state index contributed by atoms with van der Waals surface area (Å²) in [5.74, 6) is -0.0144. The molecule has 158 valence electrons. The maximum atomic E-state index is 13.1. The average molecular weight is 406 g/mol. The Bertz CT molecular complexity index is 888. The average Bonchev–Trinajstić information content (AvgIpc) is 2.76. The van der Waals surface area contributed by atoms with E-state index in [1.54, 1.807) is 0 Å². The second-order valence-corrected chi connectivity index (χ2v) is 8.55. The predicted molar refractivity (Wildman–Crippen MR) is 120 cm³/mol. The summed E-state index contributed by atoms with van der Waals surface area (Å²) in [6.45, 7) is 4.17. The van der Waals surface area contributed by atoms with E-state index in [0.29, 0.717) is 24.7 Å². The van der Waals surface area contributed by atoms with Crippen LogP contribution in [0.25, 0.3) is 0 Å². The summed E-state index contributed by atoms with van der Waals surface area (Å²) in [4.78, 5) is 29.3. The van der Waals surface area contributed by atoms with Crippen molar-refractivity contribution in [1.29, 1.82) is 0 Å². The van der Waals surface area contributed by atoms with Crippen LogP contribution in [0.4, 0.5) is 10.5 Å². The van der Waals surface area contributed by atoms with E-state index in [2.05, 4.69) is 30.4 Å². The van der Waals surface area contributed by atoms with E-state index in [4.69, 9.17) is 0 Å². The van der Waals surface area contributed by atoms with Crippen LogP contribution in [-0.2, 0) is 6.54 Å². The number of nitrogens with zero attached hydrogens (tertiary/aromatic N) is 2. The van der Waals surface area contributed by atoms with Gasteiger partial charge in [0, 0.05) is 36.9 Å². The molecule has 1 aliphatic carbocycles. The Morgan fingerprint density at radius 3 is 2.50 bits per heavy atom. The van der Waals surface area contributed by atoms with Gasteiger partial charge in [-0.1, -0.05) is 49.1 Å². The topological polar surface area (TPSA) is 52.6 Å². The van der Waals surface area contributed by atoms with Crippen LogP contribution in [0.1, 0.15) is 60.0 Å². The van der Waals surface area contributed by atoms with Crippen molar-refractivity contribution in [2.45, 2.75) is 58.0 Å². The number of urea groups is 1. The Kier molecular flexibility index (Phi) is 6.36. The van der Waals surface area contributed by atoms with Crippen LogP contribution in [0.2, 0.25) is 0 Å². The lowest BCUT2D eigenvalue weighted by Crippen LogP contribution is -2.49. The van der Waals surface area contributed by atoms with Gasteiger partial charge in [0.05, 0.1) is 0 Å². The maximum Gasteiger partial charge on any atom is 0.324 e. The molecule has 0 aromatic heterocycles. The molecule has 5 heteroatoms. The molecule has 0 radical (unpaired) electrons. The van der Waals surface area contributed by atoms with Crippen molar-refractivity contribution in [3.63, 3.8) is 0 Å². The normalized spacial score (nSPS) is 17.8. The number of amides is 3. The standard InChI is InChI=1S/C25H31N3O2/c1-19-7-5-8-20(17-19)18-27-15-6-16-28(25(27)30)23-13-11-21(12-14-23)24(29)26-22-9-3-2-4-10-22/h5,7-8,11-14,17,22H,2-4,6,9-10,15-16,18H2,1H3,(H,26,29). The zero-order chi connectivity index (χ0) is 20.9. The van der Waals surface area contributed by atoms with E-state index in [9.17, 15) is 9.59 Å². The van der Waals surface area contributed by atoms with Gasteiger partial charge in [0.1, 0.15) is 0 Å². The molecule has 0 atom stereocenters. The van der Waals surface area contributed by atoms with Crippen molar-refractivity contribution in [3.8, 4) is 0 Å². The van der Waals surface area contributed by atoms with E-state index in [1.165, 1.54) is 24.8 Å². The first-order valence-electron chi connectivity index (χ1n) is 11.1. The fraction of sp³-hybridized carbons (Fsp3) is 0.440. The lowest BCUT2D eigenvalue weighted by atomic mass is 9.95. The maximum absolute atomic E-state index is 13.1. The molecule has 1 saturated heterocycles. The van der Waals surface area contributed by atoms with Gasteiger partial charge in [-0.3, -0.25) is 9.69 Å². The van der Waals surface area contributed by atoms with Crippen molar-refractivity contribution >= 4 is 17.6 Å². The monoisotopic (exact) mass is 405 g/mol. The van der Waals surface area contributed by atoms with Crippen LogP contribution in [-0.4, -0.2) is 36.0 Å². The highest BCUT2D eigenvalue weighted by Gasteiger charge is 2.27. The van der Waals surface area contributed by atoms with Crippen molar-refractivity contribution < 1.29 is 9.59 Å². The van der Waals surface area contributed by atoms with Crippen molar-refractivity contribution in [2.24, 2.45) is 0 Å². The van der Waals surface area contributed by atoms with E-state index < -0.39 is 0 Å². The third-order valence-electron chi connectivity index (χ3n) is 6.15. The smallest absolute Gasteiger partial charge is 0.324 e. The van der Waals surface area contributed by atoms with Crippen molar-refractivity contribution in [2.75, 3.05) is 18.0 Å². The summed E-state index contributed by atoms with van der Waals surface area (Å²) in [6, 6.07) is 16.1. The zero-order valence-electron chi connectivity index (χ0n) is 17.8. The first kappa shape index (κ1) is 20.5. The number of aryl methyl sites for hydroxylation is 1. The van der Waals surface area contributed by atoms with Crippen LogP contribution < -0.4 is 10.2 Å². The number of carbonyl (C=O) groups excluding carboxylic acids is 2. The van der Waals surface area contributed by atoms with E-state index in [1.807, 2.05) is 40.1 Å². The highest BCUT2D eigenvalue weighted by molar-refractivity contribution is 5.96. The molecular weight excluding hydrogens is 374 g/mol. The summed E-state index contributed by atoms with van der Waals surface area (Å²) >= 11 is 0. The molecule has 3 amide bonds. The van der Waals surface area contributed by atoms with Crippen molar-refractivity contribution in [1.82, 2.24) is 10.2 Å². The van der Waals surface area contributed by atoms with Gasteiger partial charge < -0.3 is 10.2 Å². The molecule has 2 fully saturated rings. The molecule has 0 bridgehead atoms. The van der Waals surface area contributed by atoms with Gasteiger partial charge in [-0.15, -0.1) is 0 Å². The Labute approximate surface area is 179 Å². The first-order chi connectivity index (χ1) is 14.6. The number of hydrogen-bond donors (Lipinski definition) is 1. The molecule has 2 aliphatic rings. The molecule has 1 saturated carbocycles. The number of rotatable bonds is 5. The summed E-state index contributed by atoms with van der Waals surface area (Å²) in [7, 11) is 0. The lowest BCUT2D eigenvalue weighted by Gasteiger charge is -2.35. The fourth-order valence-electron chi connectivity index (χ4n) is 4.51. The molecule has 4 rings (SSSR count). The third kappa shape index (κ3) is 4.84. The largest absolute Gasteiger partial charge is 0.349 e. The highest BCUT2D eigenvalue weighted by atomic mass is 16.2. The SMILES string of the molecule is Cc1cccc(CN2CCCN(c3ccc(C(=O)NC4CCCCC4)cc3)C2=O)c1. The Morgan fingerprint density at radius 1 is 1.00 bits per heavy atom. The number of benzene rings is 2. The molecule has 30 heavy (non-hydrogen) atoms. The number of carbonyl (C=O) groups is 2. The fourth-order valence-corrected chi connectivity index (χ4v) is 4.51. The zero-order valence-corrected chi connectivity index (χ0v) is 17.8. The van der Waals surface area contributed by atoms with Crippen LogP contribution in [0.15, 0.2) is 48.5 Å². The summed E-state index contributed by atoms with van der Waals surface area (Å²) < 4.78 is 0. The lowest BCUT2D eigenvalue weighted by molar-refractivity contribution is 0.0927. The number of anilines is 1. The Morgan fingerprint density at radius 2 is 1.77 bits per heavy atom. The van der Waals surface area contributed by atoms with Gasteiger partial charge in [-0.2, -0.15) is 0 Å². The second-order valence-electron chi connectivity index (χ2n) is 8.55. The Hall–Kier alpha value is -2.82. The number of hydrogen-bond acceptors (Lipinski definition) is 2. The quantitative estimate of drug-likeness (QED) is 0.770. The molecule has 5 nitrogen and oxygen atoms in total. The van der Waals surface area contributed by atoms with Gasteiger partial charge in [0.15, 0.2) is 0 Å². The molecule has 0 unspecified atom stereocenters. The van der Waals surface area contributed by atoms with E-state index in [-0.39, 0.29) is 11.9 Å². The number of nitrogens with one attached hydrogen (secondary N) is 1. The molecule has 1 heterocycles. The predicted octanol–water partition coefficient (Wildman–Crippen LogP) is 4.89. The second kappa shape index (κ2) is 9.33. The molecular formula is C25H31N3O2. The van der Waals surface area contributed by atoms with Crippen molar-refractivity contribution in [3.05, 3.63) is 65.2 Å². The van der Waals surface area contributed by atoms with E-state index >= 15 is 0 Å². The highest BCUT2D eigenvalue weighted by Crippen LogP contribution is 2.23. The third-order valence-corrected chi connectivity index (χ3v) is 6.15. The summed E-state index contributed by atoms with van der Waals surface area (Å²) in [5, 5.41) is 3.15. The minimum absolute atomic E-state index is 0.0144. The molecule has 1 N–H and O–H groups in total. The minimum atomic E-state index is -0.0144. The first-order valence-corrected chi connectivity index (χ1v) is 11.1.